The molecule has 25 heavy (non-hydrogen) atoms. The van der Waals surface area contributed by atoms with Crippen LogP contribution in [0.15, 0.2) is 42.5 Å². The first-order valence-corrected chi connectivity index (χ1v) is 8.29. The van der Waals surface area contributed by atoms with Gasteiger partial charge in [0.25, 0.3) is 5.91 Å². The van der Waals surface area contributed by atoms with Crippen molar-refractivity contribution in [3.05, 3.63) is 59.4 Å². The molecule has 0 aliphatic heterocycles. The van der Waals surface area contributed by atoms with Crippen LogP contribution in [0.5, 0.6) is 0 Å². The summed E-state index contributed by atoms with van der Waals surface area (Å²) in [5.41, 5.74) is 3.84. The molecule has 1 saturated carbocycles. The van der Waals surface area contributed by atoms with E-state index in [4.69, 9.17) is 0 Å². The van der Waals surface area contributed by atoms with E-state index in [0.29, 0.717) is 5.56 Å². The second-order valence-electron chi connectivity index (χ2n) is 6.65. The molecule has 1 aliphatic carbocycles. The van der Waals surface area contributed by atoms with Crippen LogP contribution in [0.2, 0.25) is 0 Å². The number of carbonyl (C=O) groups is 1. The van der Waals surface area contributed by atoms with Gasteiger partial charge in [-0.05, 0) is 55.7 Å². The van der Waals surface area contributed by atoms with Gasteiger partial charge in [-0.25, -0.2) is 4.98 Å². The number of anilines is 1. The molecule has 0 spiro atoms. The van der Waals surface area contributed by atoms with Crippen LogP contribution < -0.4 is 5.32 Å². The van der Waals surface area contributed by atoms with Crippen LogP contribution in [-0.2, 0) is 12.5 Å². The summed E-state index contributed by atoms with van der Waals surface area (Å²) in [5, 5.41) is 12.2. The van der Waals surface area contributed by atoms with Gasteiger partial charge >= 0.3 is 0 Å². The number of benzene rings is 2. The zero-order valence-electron chi connectivity index (χ0n) is 14.2. The van der Waals surface area contributed by atoms with Crippen LogP contribution in [0.1, 0.15) is 34.6 Å². The van der Waals surface area contributed by atoms with Crippen LogP contribution in [0.4, 0.5) is 5.69 Å². The fourth-order valence-electron chi connectivity index (χ4n) is 3.13. The predicted molar refractivity (Wildman–Crippen MR) is 96.4 cm³/mol. The maximum absolute atomic E-state index is 12.5. The Morgan fingerprint density at radius 2 is 1.96 bits per heavy atom. The van der Waals surface area contributed by atoms with Crippen LogP contribution in [0.3, 0.4) is 0 Å². The van der Waals surface area contributed by atoms with Crippen LogP contribution in [0, 0.1) is 18.3 Å². The first-order chi connectivity index (χ1) is 12.0. The first-order valence-electron chi connectivity index (χ1n) is 8.29. The number of aryl methyl sites for hydroxylation is 2. The average molecular weight is 330 g/mol. The summed E-state index contributed by atoms with van der Waals surface area (Å²) in [6, 6.07) is 15.5. The maximum Gasteiger partial charge on any atom is 0.255 e. The number of fused-ring (bicyclic) bond motifs is 1. The lowest BCUT2D eigenvalue weighted by atomic mass is 9.98. The second kappa shape index (κ2) is 5.45. The SMILES string of the molecule is Cc1nc2cc(C(=O)Nc3ccc(C4(C#N)CC4)cc3)ccc2n1C. The van der Waals surface area contributed by atoms with Gasteiger partial charge in [0.05, 0.1) is 22.5 Å². The third-order valence-corrected chi connectivity index (χ3v) is 5.03. The van der Waals surface area contributed by atoms with E-state index in [1.807, 2.05) is 54.9 Å². The highest BCUT2D eigenvalue weighted by atomic mass is 16.1. The number of hydrogen-bond donors (Lipinski definition) is 1. The molecule has 0 bridgehead atoms. The molecule has 0 atom stereocenters. The van der Waals surface area contributed by atoms with E-state index >= 15 is 0 Å². The van der Waals surface area contributed by atoms with Gasteiger partial charge in [0.2, 0.25) is 0 Å². The number of carbonyl (C=O) groups excluding carboxylic acids is 1. The fourth-order valence-corrected chi connectivity index (χ4v) is 3.13. The largest absolute Gasteiger partial charge is 0.331 e. The van der Waals surface area contributed by atoms with Crippen molar-refractivity contribution < 1.29 is 4.79 Å². The topological polar surface area (TPSA) is 70.7 Å². The number of imidazole rings is 1. The Balaban J connectivity index is 1.55. The van der Waals surface area contributed by atoms with Crippen molar-refractivity contribution in [2.45, 2.75) is 25.2 Å². The van der Waals surface area contributed by atoms with E-state index in [2.05, 4.69) is 16.4 Å². The highest BCUT2D eigenvalue weighted by Gasteiger charge is 2.44. The molecule has 0 unspecified atom stereocenters. The van der Waals surface area contributed by atoms with E-state index < -0.39 is 0 Å². The van der Waals surface area contributed by atoms with Gasteiger partial charge < -0.3 is 9.88 Å². The van der Waals surface area contributed by atoms with Crippen molar-refractivity contribution >= 4 is 22.6 Å². The first kappa shape index (κ1) is 15.4. The summed E-state index contributed by atoms with van der Waals surface area (Å²) in [6.07, 6.45) is 1.83. The molecule has 5 heteroatoms. The van der Waals surface area contributed by atoms with Gasteiger partial charge in [-0.2, -0.15) is 5.26 Å². The Morgan fingerprint density at radius 1 is 1.24 bits per heavy atom. The van der Waals surface area contributed by atoms with E-state index in [0.717, 1.165) is 41.0 Å². The lowest BCUT2D eigenvalue weighted by Gasteiger charge is -2.09. The highest BCUT2D eigenvalue weighted by molar-refractivity contribution is 6.06. The molecule has 2 aromatic carbocycles. The quantitative estimate of drug-likeness (QED) is 0.796. The van der Waals surface area contributed by atoms with Crippen molar-refractivity contribution in [3.63, 3.8) is 0 Å². The lowest BCUT2D eigenvalue weighted by molar-refractivity contribution is 0.102. The van der Waals surface area contributed by atoms with Crippen LogP contribution >= 0.6 is 0 Å². The Hall–Kier alpha value is -3.13. The van der Waals surface area contributed by atoms with E-state index in [-0.39, 0.29) is 11.3 Å². The minimum absolute atomic E-state index is 0.167. The molecule has 1 aromatic heterocycles. The average Bonchev–Trinajstić information content (AvgIpc) is 3.37. The van der Waals surface area contributed by atoms with Crippen LogP contribution in [-0.4, -0.2) is 15.5 Å². The van der Waals surface area contributed by atoms with Gasteiger partial charge in [0, 0.05) is 18.3 Å². The van der Waals surface area contributed by atoms with Crippen molar-refractivity contribution in [3.8, 4) is 6.07 Å². The fraction of sp³-hybridized carbons (Fsp3) is 0.250. The summed E-state index contributed by atoms with van der Waals surface area (Å²) in [6.45, 7) is 1.94. The molecular formula is C20H18N4O. The standard InChI is InChI=1S/C20H18N4O/c1-13-22-17-11-14(3-8-18(17)24(13)2)19(25)23-16-6-4-15(5-7-16)20(12-21)9-10-20/h3-8,11H,9-10H2,1-2H3,(H,23,25). The summed E-state index contributed by atoms with van der Waals surface area (Å²) in [7, 11) is 1.96. The molecular weight excluding hydrogens is 312 g/mol. The Kier molecular flexibility index (Phi) is 3.36. The highest BCUT2D eigenvalue weighted by Crippen LogP contribution is 2.47. The Labute approximate surface area is 145 Å². The maximum atomic E-state index is 12.5. The summed E-state index contributed by atoms with van der Waals surface area (Å²) in [4.78, 5) is 17.0. The third kappa shape index (κ3) is 2.56. The molecule has 1 aliphatic rings. The molecule has 0 saturated heterocycles. The number of rotatable bonds is 3. The molecule has 4 rings (SSSR count). The molecule has 0 radical (unpaired) electrons. The zero-order valence-corrected chi connectivity index (χ0v) is 14.2. The molecule has 124 valence electrons. The molecule has 5 nitrogen and oxygen atoms in total. The Morgan fingerprint density at radius 3 is 2.60 bits per heavy atom. The van der Waals surface area contributed by atoms with Crippen LogP contribution in [0.25, 0.3) is 11.0 Å². The summed E-state index contributed by atoms with van der Waals surface area (Å²) < 4.78 is 2.00. The molecule has 3 aromatic rings. The van der Waals surface area contributed by atoms with E-state index in [9.17, 15) is 10.1 Å². The molecule has 1 heterocycles. The Bertz CT molecular complexity index is 1020. The zero-order chi connectivity index (χ0) is 17.6. The number of aromatic nitrogens is 2. The molecule has 1 amide bonds. The lowest BCUT2D eigenvalue weighted by Crippen LogP contribution is -2.12. The van der Waals surface area contributed by atoms with Crippen molar-refractivity contribution in [1.82, 2.24) is 9.55 Å². The van der Waals surface area contributed by atoms with Crippen molar-refractivity contribution in [2.75, 3.05) is 5.32 Å². The summed E-state index contributed by atoms with van der Waals surface area (Å²) >= 11 is 0. The predicted octanol–water partition coefficient (Wildman–Crippen LogP) is 3.69. The number of nitriles is 1. The number of amides is 1. The summed E-state index contributed by atoms with van der Waals surface area (Å²) in [5.74, 6) is 0.744. The third-order valence-electron chi connectivity index (χ3n) is 5.03. The second-order valence-corrected chi connectivity index (χ2v) is 6.65. The number of hydrogen-bond acceptors (Lipinski definition) is 3. The molecule has 1 N–H and O–H groups in total. The minimum atomic E-state index is -0.301. The molecule has 1 fully saturated rings. The normalized spacial score (nSPS) is 14.9. The van der Waals surface area contributed by atoms with Crippen molar-refractivity contribution in [1.29, 1.82) is 5.26 Å². The van der Waals surface area contributed by atoms with Gasteiger partial charge in [-0.1, -0.05) is 12.1 Å². The minimum Gasteiger partial charge on any atom is -0.331 e. The van der Waals surface area contributed by atoms with Gasteiger partial charge in [0.15, 0.2) is 0 Å². The van der Waals surface area contributed by atoms with E-state index in [1.165, 1.54) is 0 Å². The number of nitrogens with one attached hydrogen (secondary N) is 1. The van der Waals surface area contributed by atoms with Gasteiger partial charge in [-0.15, -0.1) is 0 Å². The van der Waals surface area contributed by atoms with Crippen molar-refractivity contribution in [2.24, 2.45) is 7.05 Å². The smallest absolute Gasteiger partial charge is 0.255 e. The monoisotopic (exact) mass is 330 g/mol. The van der Waals surface area contributed by atoms with Gasteiger partial charge in [-0.3, -0.25) is 4.79 Å². The van der Waals surface area contributed by atoms with E-state index in [1.54, 1.807) is 6.07 Å². The van der Waals surface area contributed by atoms with Gasteiger partial charge in [0.1, 0.15) is 5.82 Å². The number of nitrogens with zero attached hydrogens (tertiary/aromatic N) is 3.